The second-order valence-corrected chi connectivity index (χ2v) is 4.84. The van der Waals surface area contributed by atoms with Crippen molar-refractivity contribution in [1.29, 1.82) is 0 Å². The Labute approximate surface area is 110 Å². The van der Waals surface area contributed by atoms with Crippen LogP contribution in [0.1, 0.15) is 24.3 Å². The van der Waals surface area contributed by atoms with Crippen molar-refractivity contribution in [1.82, 2.24) is 9.88 Å². The van der Waals surface area contributed by atoms with Gasteiger partial charge in [-0.1, -0.05) is 0 Å². The molecule has 0 unspecified atom stereocenters. The van der Waals surface area contributed by atoms with Crippen molar-refractivity contribution in [3.05, 3.63) is 24.0 Å². The third-order valence-corrected chi connectivity index (χ3v) is 2.20. The molecular weight excluding hydrogens is 250 g/mol. The number of carbonyl (C=O) groups excluding carboxylic acids is 1. The summed E-state index contributed by atoms with van der Waals surface area (Å²) in [7, 11) is 1.55. The Morgan fingerprint density at radius 1 is 1.42 bits per heavy atom. The number of nitrogens with zero attached hydrogens (tertiary/aromatic N) is 2. The lowest BCUT2D eigenvalue weighted by atomic mass is 10.1. The summed E-state index contributed by atoms with van der Waals surface area (Å²) in [4.78, 5) is 27.4. The molecule has 0 fully saturated rings. The lowest BCUT2D eigenvalue weighted by molar-refractivity contribution is 0.0550. The largest absolute Gasteiger partial charge is 0.477 e. The van der Waals surface area contributed by atoms with Gasteiger partial charge in [0.15, 0.2) is 0 Å². The number of hydrogen-bond donors (Lipinski definition) is 3. The number of anilines is 1. The first kappa shape index (κ1) is 14.9. The van der Waals surface area contributed by atoms with Crippen LogP contribution in [0.15, 0.2) is 18.3 Å². The number of rotatable bonds is 4. The number of carboxylic acid groups (broad SMARTS) is 1. The number of carboxylic acids is 1. The zero-order chi connectivity index (χ0) is 14.6. The van der Waals surface area contributed by atoms with Crippen LogP contribution in [0.5, 0.6) is 0 Å². The first-order valence-electron chi connectivity index (χ1n) is 5.63. The van der Waals surface area contributed by atoms with E-state index in [1.165, 1.54) is 23.2 Å². The third-order valence-electron chi connectivity index (χ3n) is 2.20. The molecule has 3 N–H and O–H groups in total. The standard InChI is InChI=1S/C12H17N3O4/c1-12(2,19)7-15(3)11(18)14-8-4-5-9(10(16)17)13-6-8/h4-6,19H,7H2,1-3H3,(H,14,18)(H,16,17). The summed E-state index contributed by atoms with van der Waals surface area (Å²) in [5, 5.41) is 20.8. The van der Waals surface area contributed by atoms with E-state index in [1.807, 2.05) is 0 Å². The molecule has 0 aliphatic carbocycles. The van der Waals surface area contributed by atoms with E-state index in [0.717, 1.165) is 0 Å². The minimum atomic E-state index is -1.13. The van der Waals surface area contributed by atoms with Gasteiger partial charge in [0.25, 0.3) is 0 Å². The van der Waals surface area contributed by atoms with Gasteiger partial charge in [0.2, 0.25) is 0 Å². The summed E-state index contributed by atoms with van der Waals surface area (Å²) in [5.74, 6) is -1.13. The van der Waals surface area contributed by atoms with Crippen LogP contribution in [0.25, 0.3) is 0 Å². The number of aliphatic hydroxyl groups is 1. The fourth-order valence-corrected chi connectivity index (χ4v) is 1.47. The maximum absolute atomic E-state index is 11.8. The van der Waals surface area contributed by atoms with Crippen LogP contribution in [-0.2, 0) is 0 Å². The maximum Gasteiger partial charge on any atom is 0.354 e. The molecule has 0 aliphatic rings. The fraction of sp³-hybridized carbons (Fsp3) is 0.417. The molecule has 0 spiro atoms. The van der Waals surface area contributed by atoms with Crippen LogP contribution in [0.3, 0.4) is 0 Å². The van der Waals surface area contributed by atoms with E-state index in [-0.39, 0.29) is 12.2 Å². The smallest absolute Gasteiger partial charge is 0.354 e. The van der Waals surface area contributed by atoms with Gasteiger partial charge in [-0.15, -0.1) is 0 Å². The molecule has 0 radical (unpaired) electrons. The molecule has 0 saturated heterocycles. The summed E-state index contributed by atoms with van der Waals surface area (Å²) in [6, 6.07) is 2.34. The monoisotopic (exact) mass is 267 g/mol. The quantitative estimate of drug-likeness (QED) is 0.755. The molecule has 1 heterocycles. The van der Waals surface area contributed by atoms with Crippen LogP contribution >= 0.6 is 0 Å². The second-order valence-electron chi connectivity index (χ2n) is 4.84. The third kappa shape index (κ3) is 4.92. The average molecular weight is 267 g/mol. The van der Waals surface area contributed by atoms with Crippen LogP contribution in [0, 0.1) is 0 Å². The Bertz CT molecular complexity index is 465. The van der Waals surface area contributed by atoms with Gasteiger partial charge in [0.05, 0.1) is 24.0 Å². The summed E-state index contributed by atoms with van der Waals surface area (Å²) >= 11 is 0. The normalized spacial score (nSPS) is 10.9. The Kier molecular flexibility index (Phi) is 4.44. The molecule has 7 heteroatoms. The molecule has 2 amide bonds. The SMILES string of the molecule is CN(CC(C)(C)O)C(=O)Nc1ccc(C(=O)O)nc1. The number of carbonyl (C=O) groups is 2. The highest BCUT2D eigenvalue weighted by atomic mass is 16.4. The Morgan fingerprint density at radius 3 is 2.47 bits per heavy atom. The van der Waals surface area contributed by atoms with E-state index in [9.17, 15) is 14.7 Å². The summed E-state index contributed by atoms with van der Waals surface area (Å²) in [5.41, 5.74) is -0.697. The number of aromatic nitrogens is 1. The van der Waals surface area contributed by atoms with Gasteiger partial charge in [0, 0.05) is 7.05 Å². The minimum absolute atomic E-state index is 0.0946. The van der Waals surface area contributed by atoms with Crippen LogP contribution in [-0.4, -0.2) is 51.3 Å². The van der Waals surface area contributed by atoms with Crippen molar-refractivity contribution in [3.8, 4) is 0 Å². The minimum Gasteiger partial charge on any atom is -0.477 e. The molecule has 1 rings (SSSR count). The highest BCUT2D eigenvalue weighted by Gasteiger charge is 2.19. The van der Waals surface area contributed by atoms with Crippen molar-refractivity contribution < 1.29 is 19.8 Å². The zero-order valence-corrected chi connectivity index (χ0v) is 11.0. The molecule has 0 saturated carbocycles. The molecule has 0 aliphatic heterocycles. The summed E-state index contributed by atoms with van der Waals surface area (Å²) < 4.78 is 0. The van der Waals surface area contributed by atoms with Crippen LogP contribution in [0.2, 0.25) is 0 Å². The lowest BCUT2D eigenvalue weighted by Crippen LogP contribution is -2.41. The van der Waals surface area contributed by atoms with Gasteiger partial charge in [-0.2, -0.15) is 0 Å². The van der Waals surface area contributed by atoms with Gasteiger partial charge in [-0.3, -0.25) is 0 Å². The molecule has 104 valence electrons. The lowest BCUT2D eigenvalue weighted by Gasteiger charge is -2.25. The van der Waals surface area contributed by atoms with Gasteiger partial charge in [-0.05, 0) is 26.0 Å². The second kappa shape index (κ2) is 5.66. The highest BCUT2D eigenvalue weighted by Crippen LogP contribution is 2.09. The topological polar surface area (TPSA) is 103 Å². The number of pyridine rings is 1. The molecular formula is C12H17N3O4. The number of nitrogens with one attached hydrogen (secondary N) is 1. The summed E-state index contributed by atoms with van der Waals surface area (Å²) in [6.45, 7) is 3.36. The van der Waals surface area contributed by atoms with E-state index >= 15 is 0 Å². The molecule has 19 heavy (non-hydrogen) atoms. The number of amides is 2. The molecule has 1 aromatic heterocycles. The van der Waals surface area contributed by atoms with Crippen LogP contribution in [0.4, 0.5) is 10.5 Å². The number of likely N-dealkylation sites (N-methyl/N-ethyl adjacent to an activating group) is 1. The average Bonchev–Trinajstić information content (AvgIpc) is 2.27. The zero-order valence-electron chi connectivity index (χ0n) is 11.0. The Balaban J connectivity index is 2.64. The van der Waals surface area contributed by atoms with Gasteiger partial charge < -0.3 is 20.4 Å². The molecule has 0 bridgehead atoms. The van der Waals surface area contributed by atoms with Crippen molar-refractivity contribution in [2.45, 2.75) is 19.4 Å². The number of urea groups is 1. The molecule has 1 aromatic rings. The molecule has 0 aromatic carbocycles. The van der Waals surface area contributed by atoms with Crippen molar-refractivity contribution in [3.63, 3.8) is 0 Å². The van der Waals surface area contributed by atoms with E-state index in [1.54, 1.807) is 20.9 Å². The van der Waals surface area contributed by atoms with Crippen LogP contribution < -0.4 is 5.32 Å². The molecule has 0 atom stereocenters. The number of hydrogen-bond acceptors (Lipinski definition) is 4. The Morgan fingerprint density at radius 2 is 2.05 bits per heavy atom. The first-order valence-corrected chi connectivity index (χ1v) is 5.63. The van der Waals surface area contributed by atoms with Gasteiger partial charge in [-0.25, -0.2) is 14.6 Å². The van der Waals surface area contributed by atoms with Gasteiger partial charge >= 0.3 is 12.0 Å². The van der Waals surface area contributed by atoms with E-state index in [0.29, 0.717) is 5.69 Å². The summed E-state index contributed by atoms with van der Waals surface area (Å²) in [6.07, 6.45) is 1.26. The maximum atomic E-state index is 11.8. The van der Waals surface area contributed by atoms with E-state index < -0.39 is 17.6 Å². The van der Waals surface area contributed by atoms with E-state index in [2.05, 4.69) is 10.3 Å². The predicted octanol–water partition coefficient (Wildman–Crippen LogP) is 1.01. The Hall–Kier alpha value is -2.15. The van der Waals surface area contributed by atoms with Crippen molar-refractivity contribution >= 4 is 17.7 Å². The molecule has 7 nitrogen and oxygen atoms in total. The number of aromatic carboxylic acids is 1. The van der Waals surface area contributed by atoms with Crippen molar-refractivity contribution in [2.75, 3.05) is 18.9 Å². The van der Waals surface area contributed by atoms with Gasteiger partial charge in [0.1, 0.15) is 5.69 Å². The first-order chi connectivity index (χ1) is 8.69. The van der Waals surface area contributed by atoms with Crippen molar-refractivity contribution in [2.24, 2.45) is 0 Å². The fourth-order valence-electron chi connectivity index (χ4n) is 1.47. The van der Waals surface area contributed by atoms with E-state index in [4.69, 9.17) is 5.11 Å². The highest BCUT2D eigenvalue weighted by molar-refractivity contribution is 5.90. The predicted molar refractivity (Wildman–Crippen MR) is 69.1 cm³/mol.